The van der Waals surface area contributed by atoms with Gasteiger partial charge < -0.3 is 10.2 Å². The van der Waals surface area contributed by atoms with E-state index in [0.717, 1.165) is 6.42 Å². The van der Waals surface area contributed by atoms with E-state index < -0.39 is 5.60 Å². The first kappa shape index (κ1) is 9.50. The largest absolute Gasteiger partial charge is 0.510 e. The van der Waals surface area contributed by atoms with E-state index in [0.29, 0.717) is 0 Å². The molecular formula is C8H16O2. The lowest BCUT2D eigenvalue weighted by atomic mass is 9.87. The van der Waals surface area contributed by atoms with Gasteiger partial charge in [0.15, 0.2) is 0 Å². The van der Waals surface area contributed by atoms with E-state index in [1.165, 1.54) is 0 Å². The third-order valence-corrected chi connectivity index (χ3v) is 2.16. The Morgan fingerprint density at radius 3 is 2.20 bits per heavy atom. The zero-order valence-corrected chi connectivity index (χ0v) is 6.89. The minimum absolute atomic E-state index is 0.0463. The van der Waals surface area contributed by atoms with Crippen LogP contribution >= 0.6 is 0 Å². The quantitative estimate of drug-likeness (QED) is 0.593. The number of aliphatic hydroxyl groups excluding tert-OH is 1. The molecule has 0 saturated heterocycles. The Balaban J connectivity index is 4.23. The lowest BCUT2D eigenvalue weighted by Gasteiger charge is -2.27. The molecular weight excluding hydrogens is 128 g/mol. The van der Waals surface area contributed by atoms with Crippen molar-refractivity contribution in [2.75, 3.05) is 0 Å². The van der Waals surface area contributed by atoms with Crippen molar-refractivity contribution in [3.05, 3.63) is 12.3 Å². The molecule has 2 nitrogen and oxygen atoms in total. The maximum Gasteiger partial charge on any atom is 0.120 e. The fourth-order valence-electron chi connectivity index (χ4n) is 0.682. The van der Waals surface area contributed by atoms with Crippen molar-refractivity contribution in [3.8, 4) is 0 Å². The summed E-state index contributed by atoms with van der Waals surface area (Å²) in [6.07, 6.45) is 0.826. The number of hydrogen-bond donors (Lipinski definition) is 2. The molecule has 10 heavy (non-hydrogen) atoms. The minimum Gasteiger partial charge on any atom is -0.510 e. The van der Waals surface area contributed by atoms with Crippen molar-refractivity contribution >= 4 is 0 Å². The molecule has 60 valence electrons. The van der Waals surface area contributed by atoms with Gasteiger partial charge in [0.2, 0.25) is 0 Å². The van der Waals surface area contributed by atoms with E-state index in [1.54, 1.807) is 6.92 Å². The molecule has 2 atom stereocenters. The molecule has 0 aliphatic rings. The van der Waals surface area contributed by atoms with Gasteiger partial charge in [-0.15, -0.1) is 0 Å². The van der Waals surface area contributed by atoms with Gasteiger partial charge in [-0.1, -0.05) is 26.8 Å². The second-order valence-corrected chi connectivity index (χ2v) is 2.90. The van der Waals surface area contributed by atoms with Crippen molar-refractivity contribution in [3.63, 3.8) is 0 Å². The molecule has 0 heterocycles. The molecule has 0 spiro atoms. The molecule has 0 saturated carbocycles. The SMILES string of the molecule is C=C(O)C(C)(O)C(C)CC. The normalized spacial score (nSPS) is 19.6. The summed E-state index contributed by atoms with van der Waals surface area (Å²) < 4.78 is 0. The van der Waals surface area contributed by atoms with Crippen LogP contribution in [0.5, 0.6) is 0 Å². The number of hydrogen-bond acceptors (Lipinski definition) is 2. The zero-order valence-electron chi connectivity index (χ0n) is 6.89. The molecule has 0 aliphatic heterocycles. The number of aliphatic hydroxyl groups is 2. The van der Waals surface area contributed by atoms with Crippen molar-refractivity contribution in [1.82, 2.24) is 0 Å². The van der Waals surface area contributed by atoms with Gasteiger partial charge in [-0.25, -0.2) is 0 Å². The number of rotatable bonds is 3. The van der Waals surface area contributed by atoms with Gasteiger partial charge in [-0.2, -0.15) is 0 Å². The van der Waals surface area contributed by atoms with Crippen LogP contribution in [-0.4, -0.2) is 15.8 Å². The van der Waals surface area contributed by atoms with Gasteiger partial charge >= 0.3 is 0 Å². The fourth-order valence-corrected chi connectivity index (χ4v) is 0.682. The lowest BCUT2D eigenvalue weighted by molar-refractivity contribution is 0.00413. The summed E-state index contributed by atoms with van der Waals surface area (Å²) in [7, 11) is 0. The van der Waals surface area contributed by atoms with Crippen LogP contribution < -0.4 is 0 Å². The summed E-state index contributed by atoms with van der Waals surface area (Å²) in [6.45, 7) is 8.71. The third-order valence-electron chi connectivity index (χ3n) is 2.16. The van der Waals surface area contributed by atoms with Crippen LogP contribution in [-0.2, 0) is 0 Å². The van der Waals surface area contributed by atoms with Gasteiger partial charge in [-0.3, -0.25) is 0 Å². The van der Waals surface area contributed by atoms with Gasteiger partial charge in [0.25, 0.3) is 0 Å². The van der Waals surface area contributed by atoms with Crippen LogP contribution in [0.15, 0.2) is 12.3 Å². The fraction of sp³-hybridized carbons (Fsp3) is 0.750. The molecule has 0 rings (SSSR count). The highest BCUT2D eigenvalue weighted by molar-refractivity contribution is 5.02. The summed E-state index contributed by atoms with van der Waals surface area (Å²) in [6, 6.07) is 0. The predicted molar refractivity (Wildman–Crippen MR) is 41.8 cm³/mol. The van der Waals surface area contributed by atoms with Gasteiger partial charge in [0.1, 0.15) is 11.4 Å². The smallest absolute Gasteiger partial charge is 0.120 e. The molecule has 0 aliphatic carbocycles. The zero-order chi connectivity index (χ0) is 8.36. The van der Waals surface area contributed by atoms with E-state index in [1.807, 2.05) is 13.8 Å². The standard InChI is InChI=1S/C8H16O2/c1-5-6(2)8(4,10)7(3)9/h6,9-10H,3,5H2,1-2,4H3. The van der Waals surface area contributed by atoms with E-state index >= 15 is 0 Å². The van der Waals surface area contributed by atoms with E-state index in [-0.39, 0.29) is 11.7 Å². The average Bonchev–Trinajstić information content (AvgIpc) is 1.86. The topological polar surface area (TPSA) is 40.5 Å². The molecule has 0 aromatic carbocycles. The Morgan fingerprint density at radius 2 is 2.10 bits per heavy atom. The summed E-state index contributed by atoms with van der Waals surface area (Å²) in [5, 5.41) is 18.4. The minimum atomic E-state index is -1.13. The highest BCUT2D eigenvalue weighted by Crippen LogP contribution is 2.24. The average molecular weight is 144 g/mol. The van der Waals surface area contributed by atoms with Crippen LogP contribution in [0.25, 0.3) is 0 Å². The molecule has 0 aromatic heterocycles. The van der Waals surface area contributed by atoms with Crippen LogP contribution in [0.2, 0.25) is 0 Å². The summed E-state index contributed by atoms with van der Waals surface area (Å²) >= 11 is 0. The Bertz CT molecular complexity index is 127. The van der Waals surface area contributed by atoms with Crippen LogP contribution in [0, 0.1) is 5.92 Å². The van der Waals surface area contributed by atoms with Crippen molar-refractivity contribution in [2.24, 2.45) is 5.92 Å². The maximum atomic E-state index is 9.51. The summed E-state index contributed by atoms with van der Waals surface area (Å²) in [5.74, 6) is -0.105. The molecule has 0 amide bonds. The van der Waals surface area contributed by atoms with Gasteiger partial charge in [0.05, 0.1) is 0 Å². The van der Waals surface area contributed by atoms with E-state index in [9.17, 15) is 5.11 Å². The van der Waals surface area contributed by atoms with Crippen molar-refractivity contribution in [1.29, 1.82) is 0 Å². The van der Waals surface area contributed by atoms with Crippen LogP contribution in [0.1, 0.15) is 27.2 Å². The first-order valence-electron chi connectivity index (χ1n) is 3.53. The lowest BCUT2D eigenvalue weighted by Crippen LogP contribution is -2.34. The Kier molecular flexibility index (Phi) is 2.91. The monoisotopic (exact) mass is 144 g/mol. The predicted octanol–water partition coefficient (Wildman–Crippen LogP) is 1.86. The molecule has 0 aromatic rings. The van der Waals surface area contributed by atoms with Gasteiger partial charge in [0, 0.05) is 0 Å². The van der Waals surface area contributed by atoms with E-state index in [4.69, 9.17) is 5.11 Å². The summed E-state index contributed by atoms with van der Waals surface area (Å²) in [4.78, 5) is 0. The molecule has 0 fully saturated rings. The second kappa shape index (κ2) is 3.06. The molecule has 0 bridgehead atoms. The first-order chi connectivity index (χ1) is 4.42. The Hall–Kier alpha value is -0.500. The molecule has 2 unspecified atom stereocenters. The molecule has 2 N–H and O–H groups in total. The van der Waals surface area contributed by atoms with Gasteiger partial charge in [-0.05, 0) is 12.8 Å². The van der Waals surface area contributed by atoms with E-state index in [2.05, 4.69) is 6.58 Å². The highest BCUT2D eigenvalue weighted by atomic mass is 16.3. The van der Waals surface area contributed by atoms with Crippen LogP contribution in [0.4, 0.5) is 0 Å². The Morgan fingerprint density at radius 1 is 1.70 bits per heavy atom. The molecule has 0 radical (unpaired) electrons. The maximum absolute atomic E-state index is 9.51. The van der Waals surface area contributed by atoms with Crippen molar-refractivity contribution < 1.29 is 10.2 Å². The summed E-state index contributed by atoms with van der Waals surface area (Å²) in [5.41, 5.74) is -1.13. The van der Waals surface area contributed by atoms with Crippen LogP contribution in [0.3, 0.4) is 0 Å². The highest BCUT2D eigenvalue weighted by Gasteiger charge is 2.29. The third kappa shape index (κ3) is 1.74. The first-order valence-corrected chi connectivity index (χ1v) is 3.53. The Labute approximate surface area is 62.2 Å². The second-order valence-electron chi connectivity index (χ2n) is 2.90. The molecule has 2 heteroatoms. The van der Waals surface area contributed by atoms with Crippen molar-refractivity contribution in [2.45, 2.75) is 32.8 Å².